The van der Waals surface area contributed by atoms with Crippen LogP contribution in [-0.4, -0.2) is 50.6 Å². The first-order valence-corrected chi connectivity index (χ1v) is 10.1. The van der Waals surface area contributed by atoms with Crippen LogP contribution in [-0.2, 0) is 22.4 Å². The number of carbonyl (C=O) groups excluding carboxylic acids is 2. The Bertz CT molecular complexity index is 974. The maximum absolute atomic E-state index is 13.1. The molecule has 0 radical (unpaired) electrons. The molecule has 158 valence electrons. The fraction of sp³-hybridized carbons (Fsp3) is 0.391. The lowest BCUT2D eigenvalue weighted by molar-refractivity contribution is -0.307. The maximum Gasteiger partial charge on any atom is 0.241 e. The molecule has 1 atom stereocenters. The number of rotatable bonds is 6. The second-order valence-corrected chi connectivity index (χ2v) is 7.64. The number of benzene rings is 2. The molecular weight excluding hydrogens is 384 g/mol. The lowest BCUT2D eigenvalue weighted by atomic mass is 9.90. The van der Waals surface area contributed by atoms with E-state index in [2.05, 4.69) is 0 Å². The number of ether oxygens (including phenoxy) is 2. The number of carboxylic acids is 1. The zero-order chi connectivity index (χ0) is 21.3. The molecule has 30 heavy (non-hydrogen) atoms. The van der Waals surface area contributed by atoms with E-state index in [9.17, 15) is 14.7 Å². The van der Waals surface area contributed by atoms with E-state index >= 15 is 0 Å². The Kier molecular flexibility index (Phi) is 5.63. The van der Waals surface area contributed by atoms with Crippen LogP contribution in [0.4, 0.5) is 5.69 Å². The van der Waals surface area contributed by atoms with Crippen LogP contribution in [0, 0.1) is 0 Å². The average molecular weight is 409 g/mol. The molecule has 7 nitrogen and oxygen atoms in total. The maximum atomic E-state index is 13.1. The first-order chi connectivity index (χ1) is 14.5. The first kappa shape index (κ1) is 20.2. The van der Waals surface area contributed by atoms with E-state index in [1.54, 1.807) is 19.1 Å². The highest BCUT2D eigenvalue weighted by Gasteiger charge is 2.33. The highest BCUT2D eigenvalue weighted by Crippen LogP contribution is 2.39. The molecule has 0 aliphatic carbocycles. The molecule has 1 amide bonds. The standard InChI is InChI=1S/C23H26N2O5/c1-29-20-11-16-7-9-24(19(13-23(27)28)17(16)12-21(20)30-2)14-22(26)25-10-8-15-5-3-4-6-18(15)25/h3-6,11-12,19H,7-10,13-14H2,1-2H3,(H,27,28)/p-1. The van der Waals surface area contributed by atoms with Gasteiger partial charge < -0.3 is 24.3 Å². The fourth-order valence-corrected chi connectivity index (χ4v) is 4.52. The minimum atomic E-state index is -1.15. The topological polar surface area (TPSA) is 82.1 Å². The number of para-hydroxylation sites is 1. The molecular formula is C23H25N2O5-. The third-order valence-corrected chi connectivity index (χ3v) is 6.00. The van der Waals surface area contributed by atoms with Gasteiger partial charge in [-0.25, -0.2) is 0 Å². The fourth-order valence-electron chi connectivity index (χ4n) is 4.52. The minimum absolute atomic E-state index is 0.0211. The van der Waals surface area contributed by atoms with Gasteiger partial charge in [0.25, 0.3) is 0 Å². The molecule has 0 saturated heterocycles. The molecule has 7 heteroatoms. The van der Waals surface area contributed by atoms with E-state index in [0.717, 1.165) is 28.8 Å². The monoisotopic (exact) mass is 409 g/mol. The van der Waals surface area contributed by atoms with Crippen LogP contribution < -0.4 is 19.5 Å². The second-order valence-electron chi connectivity index (χ2n) is 7.64. The summed E-state index contributed by atoms with van der Waals surface area (Å²) >= 11 is 0. The van der Waals surface area contributed by atoms with E-state index in [1.807, 2.05) is 41.3 Å². The largest absolute Gasteiger partial charge is 0.550 e. The van der Waals surface area contributed by atoms with Crippen molar-refractivity contribution in [2.75, 3.05) is 38.8 Å². The summed E-state index contributed by atoms with van der Waals surface area (Å²) in [5.41, 5.74) is 3.97. The van der Waals surface area contributed by atoms with Crippen molar-refractivity contribution in [1.29, 1.82) is 0 Å². The molecule has 0 spiro atoms. The van der Waals surface area contributed by atoms with E-state index in [0.29, 0.717) is 31.0 Å². The van der Waals surface area contributed by atoms with Crippen molar-refractivity contribution in [2.24, 2.45) is 0 Å². The van der Waals surface area contributed by atoms with Crippen LogP contribution >= 0.6 is 0 Å². The van der Waals surface area contributed by atoms with Gasteiger partial charge in [0.05, 0.1) is 20.8 Å². The number of fused-ring (bicyclic) bond motifs is 2. The Labute approximate surface area is 175 Å². The van der Waals surface area contributed by atoms with Gasteiger partial charge in [0.1, 0.15) is 0 Å². The van der Waals surface area contributed by atoms with Crippen LogP contribution in [0.25, 0.3) is 0 Å². The molecule has 0 N–H and O–H groups in total. The number of anilines is 1. The summed E-state index contributed by atoms with van der Waals surface area (Å²) in [5.74, 6) is -0.0123. The third-order valence-electron chi connectivity index (χ3n) is 6.00. The summed E-state index contributed by atoms with van der Waals surface area (Å²) in [5, 5.41) is 11.5. The van der Waals surface area contributed by atoms with Gasteiger partial charge in [-0.15, -0.1) is 0 Å². The van der Waals surface area contributed by atoms with Crippen LogP contribution in [0.1, 0.15) is 29.2 Å². The molecule has 0 aromatic heterocycles. The lowest BCUT2D eigenvalue weighted by Crippen LogP contribution is -2.45. The van der Waals surface area contributed by atoms with Gasteiger partial charge in [0, 0.05) is 37.2 Å². The number of carbonyl (C=O) groups is 2. The summed E-state index contributed by atoms with van der Waals surface area (Å²) in [4.78, 5) is 28.4. The molecule has 4 rings (SSSR count). The number of hydrogen-bond acceptors (Lipinski definition) is 6. The molecule has 2 aromatic rings. The van der Waals surface area contributed by atoms with Crippen molar-refractivity contribution >= 4 is 17.6 Å². The van der Waals surface area contributed by atoms with Crippen LogP contribution in [0.5, 0.6) is 11.5 Å². The highest BCUT2D eigenvalue weighted by atomic mass is 16.5. The van der Waals surface area contributed by atoms with Gasteiger partial charge in [-0.3, -0.25) is 9.69 Å². The Hall–Kier alpha value is -3.06. The molecule has 2 heterocycles. The van der Waals surface area contributed by atoms with Crippen LogP contribution in [0.2, 0.25) is 0 Å². The predicted octanol–water partition coefficient (Wildman–Crippen LogP) is 1.33. The summed E-state index contributed by atoms with van der Waals surface area (Å²) in [7, 11) is 3.12. The number of nitrogens with zero attached hydrogens (tertiary/aromatic N) is 2. The molecule has 2 aromatic carbocycles. The summed E-state index contributed by atoms with van der Waals surface area (Å²) in [6.45, 7) is 1.39. The normalized spacial score (nSPS) is 17.9. The van der Waals surface area contributed by atoms with E-state index in [1.165, 1.54) is 0 Å². The summed E-state index contributed by atoms with van der Waals surface area (Å²) < 4.78 is 10.8. The molecule has 1 unspecified atom stereocenters. The molecule has 2 aliphatic rings. The van der Waals surface area contributed by atoms with Crippen LogP contribution in [0.3, 0.4) is 0 Å². The van der Waals surface area contributed by atoms with Crippen molar-refractivity contribution in [3.05, 3.63) is 53.1 Å². The SMILES string of the molecule is COc1cc2c(cc1OC)C(CC(=O)[O-])N(CC(=O)N1CCc3ccccc31)CC2. The lowest BCUT2D eigenvalue weighted by Gasteiger charge is -2.38. The van der Waals surface area contributed by atoms with Gasteiger partial charge in [0.15, 0.2) is 11.5 Å². The minimum Gasteiger partial charge on any atom is -0.550 e. The number of aliphatic carboxylic acids is 1. The smallest absolute Gasteiger partial charge is 0.241 e. The quantitative estimate of drug-likeness (QED) is 0.716. The summed E-state index contributed by atoms with van der Waals surface area (Å²) in [6, 6.07) is 11.2. The van der Waals surface area contributed by atoms with Crippen molar-refractivity contribution in [1.82, 2.24) is 4.90 Å². The second kappa shape index (κ2) is 8.36. The van der Waals surface area contributed by atoms with Crippen LogP contribution in [0.15, 0.2) is 36.4 Å². The van der Waals surface area contributed by atoms with Gasteiger partial charge >= 0.3 is 0 Å². The number of hydrogen-bond donors (Lipinski definition) is 0. The van der Waals surface area contributed by atoms with E-state index in [4.69, 9.17) is 9.47 Å². The Morgan fingerprint density at radius 2 is 1.73 bits per heavy atom. The summed E-state index contributed by atoms with van der Waals surface area (Å²) in [6.07, 6.45) is 1.35. The Morgan fingerprint density at radius 1 is 1.03 bits per heavy atom. The van der Waals surface area contributed by atoms with Gasteiger partial charge in [0.2, 0.25) is 5.91 Å². The van der Waals surface area contributed by atoms with E-state index in [-0.39, 0.29) is 18.9 Å². The third kappa shape index (κ3) is 3.73. The zero-order valence-electron chi connectivity index (χ0n) is 17.2. The van der Waals surface area contributed by atoms with Gasteiger partial charge in [-0.2, -0.15) is 0 Å². The molecule has 2 aliphatic heterocycles. The van der Waals surface area contributed by atoms with Gasteiger partial charge in [-0.05, 0) is 47.7 Å². The Morgan fingerprint density at radius 3 is 2.47 bits per heavy atom. The molecule has 0 saturated carbocycles. The highest BCUT2D eigenvalue weighted by molar-refractivity contribution is 5.96. The number of carboxylic acid groups (broad SMARTS) is 1. The number of methoxy groups -OCH3 is 2. The molecule has 0 bridgehead atoms. The first-order valence-electron chi connectivity index (χ1n) is 10.1. The van der Waals surface area contributed by atoms with E-state index < -0.39 is 12.0 Å². The predicted molar refractivity (Wildman–Crippen MR) is 110 cm³/mol. The Balaban J connectivity index is 1.61. The van der Waals surface area contributed by atoms with Gasteiger partial charge in [-0.1, -0.05) is 18.2 Å². The van der Waals surface area contributed by atoms with Crippen molar-refractivity contribution < 1.29 is 24.2 Å². The van der Waals surface area contributed by atoms with Crippen molar-refractivity contribution in [3.8, 4) is 11.5 Å². The van der Waals surface area contributed by atoms with Crippen molar-refractivity contribution in [2.45, 2.75) is 25.3 Å². The zero-order valence-corrected chi connectivity index (χ0v) is 17.2. The number of amides is 1. The molecule has 0 fully saturated rings. The average Bonchev–Trinajstić information content (AvgIpc) is 3.18. The van der Waals surface area contributed by atoms with Crippen molar-refractivity contribution in [3.63, 3.8) is 0 Å².